The third-order valence-corrected chi connectivity index (χ3v) is 7.56. The molecule has 2 amide bonds. The number of nitrogens with zero attached hydrogens (tertiary/aromatic N) is 1. The molecule has 4 aromatic rings. The summed E-state index contributed by atoms with van der Waals surface area (Å²) in [5.74, 6) is -0.625. The van der Waals surface area contributed by atoms with E-state index in [1.807, 2.05) is 47.4 Å². The van der Waals surface area contributed by atoms with Crippen LogP contribution in [0.2, 0.25) is 0 Å². The van der Waals surface area contributed by atoms with E-state index in [-0.39, 0.29) is 23.3 Å². The number of anilines is 1. The Morgan fingerprint density at radius 2 is 1.51 bits per heavy atom. The maximum Gasteiger partial charge on any atom is 0.416 e. The molecule has 1 N–H and O–H groups in total. The maximum atomic E-state index is 13.6. The van der Waals surface area contributed by atoms with Crippen LogP contribution in [0.4, 0.5) is 18.9 Å². The van der Waals surface area contributed by atoms with Crippen molar-refractivity contribution in [1.82, 2.24) is 4.90 Å². The molecule has 1 unspecified atom stereocenters. The van der Waals surface area contributed by atoms with Gasteiger partial charge in [0.15, 0.2) is 0 Å². The molecular formula is C34H31F3N2O2. The second-order valence-electron chi connectivity index (χ2n) is 10.7. The molecule has 41 heavy (non-hydrogen) atoms. The summed E-state index contributed by atoms with van der Waals surface area (Å²) in [7, 11) is 0. The molecule has 0 spiro atoms. The topological polar surface area (TPSA) is 49.4 Å². The fourth-order valence-electron chi connectivity index (χ4n) is 5.46. The first-order valence-corrected chi connectivity index (χ1v) is 13.7. The highest BCUT2D eigenvalue weighted by atomic mass is 19.4. The highest BCUT2D eigenvalue weighted by Gasteiger charge is 2.33. The van der Waals surface area contributed by atoms with Crippen LogP contribution in [0.25, 0.3) is 11.1 Å². The van der Waals surface area contributed by atoms with E-state index in [9.17, 15) is 22.8 Å². The first kappa shape index (κ1) is 28.1. The molecule has 0 fully saturated rings. The van der Waals surface area contributed by atoms with Crippen LogP contribution >= 0.6 is 0 Å². The SMILES string of the molecule is CC(C)C(C(=O)N1CCc2cc(NC(=O)c3cc(C(F)(F)F)ccc3-c3ccccc3)ccc2C1)c1ccccc1. The average Bonchev–Trinajstić information content (AvgIpc) is 2.97. The summed E-state index contributed by atoms with van der Waals surface area (Å²) < 4.78 is 40.5. The van der Waals surface area contributed by atoms with Crippen molar-refractivity contribution < 1.29 is 22.8 Å². The predicted molar refractivity (Wildman–Crippen MR) is 154 cm³/mol. The van der Waals surface area contributed by atoms with Crippen molar-refractivity contribution in [2.24, 2.45) is 5.92 Å². The van der Waals surface area contributed by atoms with Gasteiger partial charge in [-0.2, -0.15) is 13.2 Å². The zero-order valence-corrected chi connectivity index (χ0v) is 22.9. The van der Waals surface area contributed by atoms with Gasteiger partial charge in [-0.15, -0.1) is 0 Å². The molecule has 0 saturated heterocycles. The van der Waals surface area contributed by atoms with Gasteiger partial charge in [0.25, 0.3) is 5.91 Å². The number of nitrogens with one attached hydrogen (secondary N) is 1. The molecule has 5 rings (SSSR count). The fraction of sp³-hybridized carbons (Fsp3) is 0.235. The Balaban J connectivity index is 1.36. The van der Waals surface area contributed by atoms with Gasteiger partial charge < -0.3 is 10.2 Å². The van der Waals surface area contributed by atoms with Crippen molar-refractivity contribution in [3.8, 4) is 11.1 Å². The molecule has 210 valence electrons. The van der Waals surface area contributed by atoms with Gasteiger partial charge in [-0.05, 0) is 64.4 Å². The summed E-state index contributed by atoms with van der Waals surface area (Å²) >= 11 is 0. The smallest absolute Gasteiger partial charge is 0.337 e. The summed E-state index contributed by atoms with van der Waals surface area (Å²) in [4.78, 5) is 28.8. The third-order valence-electron chi connectivity index (χ3n) is 7.56. The molecule has 0 aromatic heterocycles. The molecular weight excluding hydrogens is 525 g/mol. The zero-order chi connectivity index (χ0) is 29.1. The van der Waals surface area contributed by atoms with Gasteiger partial charge in [0.2, 0.25) is 5.91 Å². The fourth-order valence-corrected chi connectivity index (χ4v) is 5.46. The normalized spacial score (nSPS) is 14.0. The van der Waals surface area contributed by atoms with Gasteiger partial charge in [0.1, 0.15) is 0 Å². The van der Waals surface area contributed by atoms with Crippen molar-refractivity contribution in [2.75, 3.05) is 11.9 Å². The number of halogens is 3. The lowest BCUT2D eigenvalue weighted by Crippen LogP contribution is -2.40. The molecule has 0 saturated carbocycles. The minimum Gasteiger partial charge on any atom is -0.337 e. The Kier molecular flexibility index (Phi) is 7.97. The van der Waals surface area contributed by atoms with Crippen molar-refractivity contribution in [3.63, 3.8) is 0 Å². The number of hydrogen-bond donors (Lipinski definition) is 1. The molecule has 1 aliphatic rings. The van der Waals surface area contributed by atoms with Gasteiger partial charge in [0, 0.05) is 24.3 Å². The van der Waals surface area contributed by atoms with E-state index in [0.717, 1.165) is 28.8 Å². The molecule has 1 aliphatic heterocycles. The van der Waals surface area contributed by atoms with E-state index >= 15 is 0 Å². The van der Waals surface area contributed by atoms with Crippen LogP contribution in [-0.2, 0) is 23.9 Å². The second-order valence-corrected chi connectivity index (χ2v) is 10.7. The van der Waals surface area contributed by atoms with Crippen molar-refractivity contribution in [1.29, 1.82) is 0 Å². The first-order valence-electron chi connectivity index (χ1n) is 13.7. The minimum atomic E-state index is -4.57. The number of carbonyl (C=O) groups is 2. The van der Waals surface area contributed by atoms with Crippen LogP contribution in [0.5, 0.6) is 0 Å². The quantitative estimate of drug-likeness (QED) is 0.262. The Bertz CT molecular complexity index is 1550. The van der Waals surface area contributed by atoms with E-state index in [0.29, 0.717) is 36.3 Å². The monoisotopic (exact) mass is 556 g/mol. The van der Waals surface area contributed by atoms with Gasteiger partial charge in [-0.1, -0.05) is 86.6 Å². The molecule has 7 heteroatoms. The number of fused-ring (bicyclic) bond motifs is 1. The van der Waals surface area contributed by atoms with Crippen molar-refractivity contribution in [3.05, 3.63) is 125 Å². The Morgan fingerprint density at radius 3 is 2.17 bits per heavy atom. The Morgan fingerprint density at radius 1 is 0.829 bits per heavy atom. The molecule has 0 bridgehead atoms. The zero-order valence-electron chi connectivity index (χ0n) is 22.9. The Hall–Kier alpha value is -4.39. The van der Waals surface area contributed by atoms with Gasteiger partial charge in [-0.25, -0.2) is 0 Å². The number of hydrogen-bond acceptors (Lipinski definition) is 2. The van der Waals surface area contributed by atoms with Crippen molar-refractivity contribution >= 4 is 17.5 Å². The lowest BCUT2D eigenvalue weighted by molar-refractivity contribution is -0.137. The van der Waals surface area contributed by atoms with E-state index in [4.69, 9.17) is 0 Å². The van der Waals surface area contributed by atoms with Crippen LogP contribution in [0.1, 0.15) is 52.4 Å². The lowest BCUT2D eigenvalue weighted by Gasteiger charge is -2.33. The lowest BCUT2D eigenvalue weighted by atomic mass is 9.86. The molecule has 4 aromatic carbocycles. The van der Waals surface area contributed by atoms with Crippen LogP contribution < -0.4 is 5.32 Å². The van der Waals surface area contributed by atoms with Gasteiger partial charge >= 0.3 is 6.18 Å². The number of carbonyl (C=O) groups excluding carboxylic acids is 2. The van der Waals surface area contributed by atoms with Crippen LogP contribution in [0.3, 0.4) is 0 Å². The molecule has 1 heterocycles. The standard InChI is InChI=1S/C34H31F3N2O2/c1-22(2)31(24-11-7-4-8-12-24)33(41)39-18-17-25-19-28(15-13-26(25)21-39)38-32(40)30-20-27(34(35,36)37)14-16-29(30)23-9-5-3-6-10-23/h3-16,19-20,22,31H,17-18,21H2,1-2H3,(H,38,40). The van der Waals surface area contributed by atoms with E-state index < -0.39 is 17.6 Å². The summed E-state index contributed by atoms with van der Waals surface area (Å²) in [5, 5.41) is 2.80. The molecule has 0 radical (unpaired) electrons. The molecule has 4 nitrogen and oxygen atoms in total. The Labute approximate surface area is 237 Å². The van der Waals surface area contributed by atoms with Gasteiger partial charge in [0.05, 0.1) is 11.5 Å². The number of rotatable bonds is 6. The molecule has 1 atom stereocenters. The van der Waals surface area contributed by atoms with Crippen LogP contribution in [-0.4, -0.2) is 23.3 Å². The van der Waals surface area contributed by atoms with E-state index in [1.165, 1.54) is 6.07 Å². The summed E-state index contributed by atoms with van der Waals surface area (Å²) in [6, 6.07) is 27.4. The number of alkyl halides is 3. The predicted octanol–water partition coefficient (Wildman–Crippen LogP) is 7.95. The van der Waals surface area contributed by atoms with Gasteiger partial charge in [-0.3, -0.25) is 9.59 Å². The van der Waals surface area contributed by atoms with Crippen LogP contribution in [0.15, 0.2) is 97.1 Å². The van der Waals surface area contributed by atoms with Crippen molar-refractivity contribution in [2.45, 2.75) is 38.9 Å². The second kappa shape index (κ2) is 11.6. The summed E-state index contributed by atoms with van der Waals surface area (Å²) in [6.45, 7) is 5.11. The average molecular weight is 557 g/mol. The highest BCUT2D eigenvalue weighted by molar-refractivity contribution is 6.09. The van der Waals surface area contributed by atoms with E-state index in [2.05, 4.69) is 19.2 Å². The van der Waals surface area contributed by atoms with E-state index in [1.54, 1.807) is 36.4 Å². The highest BCUT2D eigenvalue weighted by Crippen LogP contribution is 2.34. The third kappa shape index (κ3) is 6.19. The maximum absolute atomic E-state index is 13.6. The number of amides is 2. The van der Waals surface area contributed by atoms with Crippen LogP contribution in [0, 0.1) is 5.92 Å². The summed E-state index contributed by atoms with van der Waals surface area (Å²) in [5.41, 5.74) is 3.62. The number of benzene rings is 4. The molecule has 0 aliphatic carbocycles. The first-order chi connectivity index (χ1) is 19.6. The minimum absolute atomic E-state index is 0.0545. The largest absolute Gasteiger partial charge is 0.416 e. The summed E-state index contributed by atoms with van der Waals surface area (Å²) in [6.07, 6.45) is -3.96.